The quantitative estimate of drug-likeness (QED) is 0.793. The van der Waals surface area contributed by atoms with E-state index in [1.54, 1.807) is 6.07 Å². The highest BCUT2D eigenvalue weighted by Gasteiger charge is 2.27. The Hall–Kier alpha value is -1.00. The van der Waals surface area contributed by atoms with E-state index in [1.807, 2.05) is 20.8 Å². The molecule has 1 heterocycles. The van der Waals surface area contributed by atoms with Gasteiger partial charge in [0, 0.05) is 6.04 Å². The molecular formula is C11H17FN2O. The van der Waals surface area contributed by atoms with Crippen molar-refractivity contribution in [2.75, 3.05) is 6.61 Å². The molecule has 0 aliphatic rings. The molecule has 84 valence electrons. The van der Waals surface area contributed by atoms with Crippen LogP contribution in [0.15, 0.2) is 18.3 Å². The summed E-state index contributed by atoms with van der Waals surface area (Å²) in [6, 6.07) is 3.15. The number of pyridine rings is 1. The number of halogens is 1. The Kier molecular flexibility index (Phi) is 3.77. The largest absolute Gasteiger partial charge is 0.394 e. The third kappa shape index (κ3) is 2.97. The van der Waals surface area contributed by atoms with Crippen molar-refractivity contribution >= 4 is 0 Å². The van der Waals surface area contributed by atoms with Crippen molar-refractivity contribution in [1.82, 2.24) is 10.3 Å². The first-order valence-electron chi connectivity index (χ1n) is 4.98. The molecule has 4 heteroatoms. The SMILES string of the molecule is CC(C)NC(C)(CO)c1ccc(F)cn1. The van der Waals surface area contributed by atoms with Crippen molar-refractivity contribution < 1.29 is 9.50 Å². The Morgan fingerprint density at radius 1 is 1.53 bits per heavy atom. The molecule has 0 aromatic carbocycles. The highest BCUT2D eigenvalue weighted by molar-refractivity contribution is 5.15. The average Bonchev–Trinajstić information content (AvgIpc) is 2.17. The topological polar surface area (TPSA) is 45.1 Å². The van der Waals surface area contributed by atoms with Crippen LogP contribution >= 0.6 is 0 Å². The fraction of sp³-hybridized carbons (Fsp3) is 0.545. The van der Waals surface area contributed by atoms with Crippen molar-refractivity contribution in [2.24, 2.45) is 0 Å². The van der Waals surface area contributed by atoms with E-state index in [2.05, 4.69) is 10.3 Å². The summed E-state index contributed by atoms with van der Waals surface area (Å²) < 4.78 is 12.7. The second kappa shape index (κ2) is 4.68. The van der Waals surface area contributed by atoms with Gasteiger partial charge in [0.1, 0.15) is 5.82 Å². The summed E-state index contributed by atoms with van der Waals surface area (Å²) in [5.41, 5.74) is 0.0158. The Labute approximate surface area is 89.4 Å². The summed E-state index contributed by atoms with van der Waals surface area (Å²) in [7, 11) is 0. The molecule has 0 saturated heterocycles. The highest BCUT2D eigenvalue weighted by Crippen LogP contribution is 2.18. The van der Waals surface area contributed by atoms with E-state index in [1.165, 1.54) is 6.07 Å². The predicted molar refractivity (Wildman–Crippen MR) is 56.9 cm³/mol. The van der Waals surface area contributed by atoms with Crippen molar-refractivity contribution in [2.45, 2.75) is 32.4 Å². The van der Waals surface area contributed by atoms with Crippen molar-refractivity contribution in [3.63, 3.8) is 0 Å². The van der Waals surface area contributed by atoms with E-state index < -0.39 is 5.54 Å². The maximum atomic E-state index is 12.7. The van der Waals surface area contributed by atoms with E-state index in [9.17, 15) is 9.50 Å². The van der Waals surface area contributed by atoms with Gasteiger partial charge < -0.3 is 10.4 Å². The molecule has 3 nitrogen and oxygen atoms in total. The average molecular weight is 212 g/mol. The van der Waals surface area contributed by atoms with Crippen LogP contribution in [0.25, 0.3) is 0 Å². The second-order valence-electron chi connectivity index (χ2n) is 4.15. The molecule has 0 aliphatic carbocycles. The summed E-state index contributed by atoms with van der Waals surface area (Å²) >= 11 is 0. The fourth-order valence-corrected chi connectivity index (χ4v) is 1.54. The van der Waals surface area contributed by atoms with Crippen LogP contribution in [0.2, 0.25) is 0 Å². The number of nitrogens with zero attached hydrogens (tertiary/aromatic N) is 1. The molecule has 1 aromatic heterocycles. The molecule has 0 fully saturated rings. The molecule has 0 aliphatic heterocycles. The van der Waals surface area contributed by atoms with E-state index in [0.717, 1.165) is 6.20 Å². The first-order valence-corrected chi connectivity index (χ1v) is 4.98. The van der Waals surface area contributed by atoms with E-state index in [0.29, 0.717) is 5.69 Å². The molecule has 1 atom stereocenters. The Balaban J connectivity index is 2.95. The number of rotatable bonds is 4. The number of hydrogen-bond acceptors (Lipinski definition) is 3. The lowest BCUT2D eigenvalue weighted by atomic mass is 9.97. The molecule has 15 heavy (non-hydrogen) atoms. The highest BCUT2D eigenvalue weighted by atomic mass is 19.1. The van der Waals surface area contributed by atoms with Crippen LogP contribution in [-0.2, 0) is 5.54 Å². The van der Waals surface area contributed by atoms with Gasteiger partial charge in [-0.05, 0) is 32.9 Å². The summed E-state index contributed by atoms with van der Waals surface area (Å²) in [6.07, 6.45) is 1.16. The minimum absolute atomic E-state index is 0.0796. The number of aliphatic hydroxyl groups is 1. The first kappa shape index (κ1) is 12.1. The van der Waals surface area contributed by atoms with E-state index >= 15 is 0 Å². The molecule has 1 unspecified atom stereocenters. The Morgan fingerprint density at radius 3 is 2.60 bits per heavy atom. The van der Waals surface area contributed by atoms with Gasteiger partial charge in [-0.2, -0.15) is 0 Å². The monoisotopic (exact) mass is 212 g/mol. The molecule has 0 spiro atoms. The maximum Gasteiger partial charge on any atom is 0.141 e. The van der Waals surface area contributed by atoms with Crippen LogP contribution in [0.3, 0.4) is 0 Å². The predicted octanol–water partition coefficient (Wildman–Crippen LogP) is 1.43. The summed E-state index contributed by atoms with van der Waals surface area (Å²) in [5, 5.41) is 12.6. The van der Waals surface area contributed by atoms with Gasteiger partial charge in [-0.25, -0.2) is 4.39 Å². The third-order valence-corrected chi connectivity index (χ3v) is 2.22. The fourth-order valence-electron chi connectivity index (χ4n) is 1.54. The summed E-state index contributed by atoms with van der Waals surface area (Å²) in [4.78, 5) is 3.98. The molecule has 0 saturated carbocycles. The number of aliphatic hydroxyl groups excluding tert-OH is 1. The van der Waals surface area contributed by atoms with Crippen molar-refractivity contribution in [1.29, 1.82) is 0 Å². The molecular weight excluding hydrogens is 195 g/mol. The summed E-state index contributed by atoms with van der Waals surface area (Å²) in [6.45, 7) is 5.73. The standard InChI is InChI=1S/C11H17FN2O/c1-8(2)14-11(3,7-15)10-5-4-9(12)6-13-10/h4-6,8,14-15H,7H2,1-3H3. The van der Waals surface area contributed by atoms with Gasteiger partial charge in [0.05, 0.1) is 24.0 Å². The van der Waals surface area contributed by atoms with Gasteiger partial charge in [-0.15, -0.1) is 0 Å². The molecule has 1 aromatic rings. The normalized spacial score (nSPS) is 15.3. The van der Waals surface area contributed by atoms with Gasteiger partial charge in [0.2, 0.25) is 0 Å². The maximum absolute atomic E-state index is 12.7. The minimum Gasteiger partial charge on any atom is -0.394 e. The summed E-state index contributed by atoms with van der Waals surface area (Å²) in [5.74, 6) is -0.372. The van der Waals surface area contributed by atoms with E-state index in [-0.39, 0.29) is 18.5 Å². The van der Waals surface area contributed by atoms with Crippen LogP contribution in [0.5, 0.6) is 0 Å². The lowest BCUT2D eigenvalue weighted by Gasteiger charge is -2.30. The smallest absolute Gasteiger partial charge is 0.141 e. The van der Waals surface area contributed by atoms with Gasteiger partial charge >= 0.3 is 0 Å². The zero-order chi connectivity index (χ0) is 11.5. The van der Waals surface area contributed by atoms with E-state index in [4.69, 9.17) is 0 Å². The Morgan fingerprint density at radius 2 is 2.20 bits per heavy atom. The second-order valence-corrected chi connectivity index (χ2v) is 4.15. The molecule has 2 N–H and O–H groups in total. The van der Waals surface area contributed by atoms with Gasteiger partial charge in [-0.1, -0.05) is 0 Å². The molecule has 0 amide bonds. The number of nitrogens with one attached hydrogen (secondary N) is 1. The van der Waals surface area contributed by atoms with Crippen molar-refractivity contribution in [3.8, 4) is 0 Å². The third-order valence-electron chi connectivity index (χ3n) is 2.22. The lowest BCUT2D eigenvalue weighted by Crippen LogP contribution is -2.47. The number of hydrogen-bond donors (Lipinski definition) is 2. The van der Waals surface area contributed by atoms with Crippen LogP contribution in [0, 0.1) is 5.82 Å². The zero-order valence-electron chi connectivity index (χ0n) is 9.29. The lowest BCUT2D eigenvalue weighted by molar-refractivity contribution is 0.162. The number of aromatic nitrogens is 1. The Bertz CT molecular complexity index is 313. The molecule has 0 bridgehead atoms. The van der Waals surface area contributed by atoms with Crippen molar-refractivity contribution in [3.05, 3.63) is 29.8 Å². The van der Waals surface area contributed by atoms with Gasteiger partial charge in [-0.3, -0.25) is 4.98 Å². The van der Waals surface area contributed by atoms with Gasteiger partial charge in [0.15, 0.2) is 0 Å². The first-order chi connectivity index (χ1) is 6.98. The van der Waals surface area contributed by atoms with Crippen LogP contribution in [-0.4, -0.2) is 22.7 Å². The molecule has 1 rings (SSSR count). The minimum atomic E-state index is -0.623. The van der Waals surface area contributed by atoms with Gasteiger partial charge in [0.25, 0.3) is 0 Å². The van der Waals surface area contributed by atoms with Crippen LogP contribution < -0.4 is 5.32 Å². The van der Waals surface area contributed by atoms with Crippen LogP contribution in [0.1, 0.15) is 26.5 Å². The van der Waals surface area contributed by atoms with Crippen LogP contribution in [0.4, 0.5) is 4.39 Å². The molecule has 0 radical (unpaired) electrons. The zero-order valence-corrected chi connectivity index (χ0v) is 9.29.